The molecule has 2 radical (unpaired) electrons. The van der Waals surface area contributed by atoms with Crippen LogP contribution in [0.5, 0.6) is 0 Å². The first-order valence-electron chi connectivity index (χ1n) is 2.92. The summed E-state index contributed by atoms with van der Waals surface area (Å²) in [6, 6.07) is 0. The monoisotopic (exact) mass is 519 g/mol. The first-order chi connectivity index (χ1) is 4.13. The molecule has 1 saturated heterocycles. The van der Waals surface area contributed by atoms with Crippen molar-refractivity contribution in [2.45, 2.75) is 13.8 Å². The van der Waals surface area contributed by atoms with Crippen molar-refractivity contribution in [1.29, 1.82) is 0 Å². The second-order valence-corrected chi connectivity index (χ2v) is 2.37. The van der Waals surface area contributed by atoms with Gasteiger partial charge in [0.05, 0.1) is 11.8 Å². The molecule has 0 N–H and O–H groups in total. The number of nitrogens with zero attached hydrogens (tertiary/aromatic N) is 1. The SMILES string of the molecule is CC1C(=O)[N-]C(=O)C1C.[CH3-].[U].[V].[Y]. The zero-order chi connectivity index (χ0) is 7.02. The minimum atomic E-state index is -0.271. The van der Waals surface area contributed by atoms with Gasteiger partial charge in [-0.3, -0.25) is 0 Å². The number of carbonyl (C=O) groups is 2. The molecule has 1 aliphatic rings. The zero-order valence-corrected chi connectivity index (χ0v) is 16.3. The Morgan fingerprint density at radius 1 is 1.08 bits per heavy atom. The molecular formula is C7H11NO2UVY-2. The van der Waals surface area contributed by atoms with Crippen LogP contribution in [0.4, 0.5) is 0 Å². The van der Waals surface area contributed by atoms with Crippen LogP contribution in [-0.2, 0) is 60.9 Å². The molecule has 70 valence electrons. The number of rotatable bonds is 0. The summed E-state index contributed by atoms with van der Waals surface area (Å²) >= 11 is 0. The summed E-state index contributed by atoms with van der Waals surface area (Å²) in [5.74, 6) is -0.935. The average Bonchev–Trinajstić information content (AvgIpc) is 1.98. The first-order valence-corrected chi connectivity index (χ1v) is 2.92. The van der Waals surface area contributed by atoms with Gasteiger partial charge in [-0.2, -0.15) is 0 Å². The van der Waals surface area contributed by atoms with Crippen molar-refractivity contribution in [1.82, 2.24) is 0 Å². The van der Waals surface area contributed by atoms with Gasteiger partial charge in [-0.25, -0.2) is 0 Å². The predicted octanol–water partition coefficient (Wildman–Crippen LogP) is 1.14. The molecule has 3 nitrogen and oxygen atoms in total. The maximum atomic E-state index is 10.6. The van der Waals surface area contributed by atoms with E-state index in [1.54, 1.807) is 13.8 Å². The van der Waals surface area contributed by atoms with Crippen LogP contribution in [0.1, 0.15) is 13.8 Å². The van der Waals surface area contributed by atoms with E-state index in [-0.39, 0.29) is 113 Å². The van der Waals surface area contributed by atoms with Crippen LogP contribution in [-0.4, -0.2) is 11.8 Å². The van der Waals surface area contributed by atoms with Gasteiger partial charge < -0.3 is 22.3 Å². The maximum Gasteiger partial charge on any atom is 0.0600 e. The topological polar surface area (TPSA) is 48.2 Å². The van der Waals surface area contributed by atoms with Crippen LogP contribution in [0.2, 0.25) is 0 Å². The molecule has 6 heteroatoms. The maximum absolute atomic E-state index is 10.6. The molecule has 1 fully saturated rings. The third-order valence-corrected chi connectivity index (χ3v) is 1.75. The fourth-order valence-corrected chi connectivity index (χ4v) is 0.740. The molecule has 2 unspecified atom stereocenters. The van der Waals surface area contributed by atoms with E-state index in [1.807, 2.05) is 0 Å². The van der Waals surface area contributed by atoms with Gasteiger partial charge in [-0.15, -0.1) is 0 Å². The molecule has 1 aliphatic heterocycles. The standard InChI is InChI=1S/C6H9NO2.CH3.U.V.Y/c1-3-4(2)6(9)7-5(3)8;;;;/h3-4H,1-2H3,(H,7,8,9);1H3;;;/q;-1;;;/p-1. The molecule has 0 aromatic rings. The Labute approximate surface area is 140 Å². The van der Waals surface area contributed by atoms with Crippen LogP contribution in [0, 0.1) is 50.4 Å². The van der Waals surface area contributed by atoms with Crippen LogP contribution < -0.4 is 0 Å². The second-order valence-electron chi connectivity index (χ2n) is 2.37. The number of amides is 2. The van der Waals surface area contributed by atoms with Crippen LogP contribution in [0.15, 0.2) is 0 Å². The van der Waals surface area contributed by atoms with E-state index in [1.165, 1.54) is 0 Å². The molecular weight excluding hydrogens is 508 g/mol. The van der Waals surface area contributed by atoms with Gasteiger partial charge in [-0.1, -0.05) is 13.8 Å². The van der Waals surface area contributed by atoms with Crippen molar-refractivity contribution in [2.24, 2.45) is 11.8 Å². The van der Waals surface area contributed by atoms with E-state index in [9.17, 15) is 9.59 Å². The summed E-state index contributed by atoms with van der Waals surface area (Å²) in [6.45, 7) is 3.45. The molecule has 0 saturated carbocycles. The number of carbonyl (C=O) groups excluding carboxylic acids is 2. The average molecular weight is 519 g/mol. The fourth-order valence-electron chi connectivity index (χ4n) is 0.740. The van der Waals surface area contributed by atoms with Gasteiger partial charge >= 0.3 is 0 Å². The normalized spacial score (nSPS) is 24.2. The fraction of sp³-hybridized carbons (Fsp3) is 0.571. The van der Waals surface area contributed by atoms with E-state index >= 15 is 0 Å². The van der Waals surface area contributed by atoms with Crippen molar-refractivity contribution in [3.05, 3.63) is 12.7 Å². The summed E-state index contributed by atoms with van der Waals surface area (Å²) in [7, 11) is 0. The van der Waals surface area contributed by atoms with Crippen LogP contribution >= 0.6 is 0 Å². The van der Waals surface area contributed by atoms with Crippen molar-refractivity contribution in [2.75, 3.05) is 0 Å². The summed E-state index contributed by atoms with van der Waals surface area (Å²) in [5.41, 5.74) is 0. The van der Waals surface area contributed by atoms with E-state index < -0.39 is 0 Å². The first kappa shape index (κ1) is 24.2. The van der Waals surface area contributed by atoms with Gasteiger partial charge in [0.15, 0.2) is 0 Å². The Bertz CT molecular complexity index is 162. The second kappa shape index (κ2) is 10.4. The smallest absolute Gasteiger partial charge is 0.0600 e. The van der Waals surface area contributed by atoms with Crippen molar-refractivity contribution in [3.63, 3.8) is 0 Å². The minimum absolute atomic E-state index is 0. The Morgan fingerprint density at radius 3 is 1.38 bits per heavy atom. The van der Waals surface area contributed by atoms with Gasteiger partial charge in [0, 0.05) is 94.2 Å². The molecule has 0 aromatic carbocycles. The van der Waals surface area contributed by atoms with E-state index in [4.69, 9.17) is 0 Å². The molecule has 2 amide bonds. The van der Waals surface area contributed by atoms with Crippen molar-refractivity contribution < 1.29 is 92.0 Å². The largest absolute Gasteiger partial charge is 0.595 e. The van der Waals surface area contributed by atoms with Gasteiger partial charge in [0.1, 0.15) is 0 Å². The summed E-state index contributed by atoms with van der Waals surface area (Å²) in [4.78, 5) is 21.2. The Hall–Kier alpha value is 1.88. The van der Waals surface area contributed by atoms with Gasteiger partial charge in [0.2, 0.25) is 0 Å². The van der Waals surface area contributed by atoms with Crippen LogP contribution in [0.25, 0.3) is 5.32 Å². The van der Waals surface area contributed by atoms with E-state index in [0.717, 1.165) is 0 Å². The van der Waals surface area contributed by atoms with E-state index in [0.29, 0.717) is 0 Å². The molecule has 0 aliphatic carbocycles. The summed E-state index contributed by atoms with van der Waals surface area (Å²) in [5, 5.41) is 3.27. The molecule has 2 atom stereocenters. The molecule has 0 aromatic heterocycles. The summed E-state index contributed by atoms with van der Waals surface area (Å²) in [6.07, 6.45) is 0. The number of hydrogen-bond donors (Lipinski definition) is 0. The quantitative estimate of drug-likeness (QED) is 0.357. The Morgan fingerprint density at radius 2 is 1.31 bits per heavy atom. The molecule has 1 heterocycles. The molecule has 13 heavy (non-hydrogen) atoms. The Kier molecular flexibility index (Phi) is 19.4. The third-order valence-electron chi connectivity index (χ3n) is 1.75. The van der Waals surface area contributed by atoms with Crippen molar-refractivity contribution in [3.8, 4) is 0 Å². The van der Waals surface area contributed by atoms with Crippen molar-refractivity contribution >= 4 is 11.8 Å². The number of hydrogen-bond acceptors (Lipinski definition) is 2. The Balaban J connectivity index is -0.000000101. The van der Waals surface area contributed by atoms with Gasteiger partial charge in [0.25, 0.3) is 0 Å². The zero-order valence-electron chi connectivity index (χ0n) is 7.94. The number of imide groups is 1. The minimum Gasteiger partial charge on any atom is -0.595 e. The molecule has 1 rings (SSSR count). The predicted molar refractivity (Wildman–Crippen MR) is 38.1 cm³/mol. The third kappa shape index (κ3) is 6.13. The summed E-state index contributed by atoms with van der Waals surface area (Å²) < 4.78 is 0. The molecule has 0 bridgehead atoms. The van der Waals surface area contributed by atoms with Gasteiger partial charge in [-0.05, 0) is 0 Å². The van der Waals surface area contributed by atoms with E-state index in [2.05, 4.69) is 5.32 Å². The van der Waals surface area contributed by atoms with Crippen LogP contribution in [0.3, 0.4) is 0 Å². The molecule has 0 spiro atoms.